The fraction of sp³-hybridized carbons (Fsp3) is 0.438. The van der Waals surface area contributed by atoms with Crippen molar-refractivity contribution in [2.24, 2.45) is 5.92 Å². The van der Waals surface area contributed by atoms with Crippen molar-refractivity contribution >= 4 is 5.91 Å². The van der Waals surface area contributed by atoms with Crippen LogP contribution in [0.3, 0.4) is 0 Å². The van der Waals surface area contributed by atoms with Crippen LogP contribution >= 0.6 is 0 Å². The molecule has 0 bridgehead atoms. The predicted molar refractivity (Wildman–Crippen MR) is 71.5 cm³/mol. The first-order valence-corrected chi connectivity index (χ1v) is 7.20. The lowest BCUT2D eigenvalue weighted by molar-refractivity contribution is -0.130. The van der Waals surface area contributed by atoms with Crippen LogP contribution in [0.4, 0.5) is 0 Å². The van der Waals surface area contributed by atoms with Crippen LogP contribution in [0.15, 0.2) is 24.3 Å². The molecule has 4 aliphatic rings. The van der Waals surface area contributed by atoms with Crippen molar-refractivity contribution in [2.75, 3.05) is 6.79 Å². The van der Waals surface area contributed by atoms with Gasteiger partial charge in [-0.3, -0.25) is 4.79 Å². The highest BCUT2D eigenvalue weighted by atomic mass is 16.7. The third-order valence-corrected chi connectivity index (χ3v) is 5.08. The summed E-state index contributed by atoms with van der Waals surface area (Å²) in [7, 11) is 0. The molecule has 3 atom stereocenters. The van der Waals surface area contributed by atoms with Crippen LogP contribution in [0.5, 0.6) is 11.5 Å². The molecule has 3 aliphatic heterocycles. The minimum Gasteiger partial charge on any atom is -0.454 e. The molecule has 0 saturated carbocycles. The SMILES string of the molecule is O=C1C[C@H]2CC=C[C@H]3c4cc5c(cc4CN1[C@@H]23)OCO5. The highest BCUT2D eigenvalue weighted by molar-refractivity contribution is 5.80. The summed E-state index contributed by atoms with van der Waals surface area (Å²) in [5.74, 6) is 2.76. The molecule has 0 radical (unpaired) electrons. The van der Waals surface area contributed by atoms with Crippen LogP contribution in [-0.2, 0) is 11.3 Å². The summed E-state index contributed by atoms with van der Waals surface area (Å²) in [6, 6.07) is 4.52. The molecule has 4 heteroatoms. The molecule has 1 fully saturated rings. The second kappa shape index (κ2) is 3.57. The van der Waals surface area contributed by atoms with E-state index in [1.807, 2.05) is 0 Å². The van der Waals surface area contributed by atoms with Gasteiger partial charge in [-0.1, -0.05) is 12.2 Å². The molecule has 3 heterocycles. The maximum atomic E-state index is 12.2. The molecule has 1 saturated heterocycles. The van der Waals surface area contributed by atoms with Crippen LogP contribution < -0.4 is 9.47 Å². The number of rotatable bonds is 0. The Hall–Kier alpha value is -1.97. The fourth-order valence-electron chi connectivity index (χ4n) is 4.22. The van der Waals surface area contributed by atoms with Gasteiger partial charge >= 0.3 is 0 Å². The second-order valence-corrected chi connectivity index (χ2v) is 6.07. The monoisotopic (exact) mass is 269 g/mol. The lowest BCUT2D eigenvalue weighted by Gasteiger charge is -2.41. The Kier molecular flexibility index (Phi) is 1.92. The largest absolute Gasteiger partial charge is 0.454 e. The van der Waals surface area contributed by atoms with E-state index >= 15 is 0 Å². The van der Waals surface area contributed by atoms with Gasteiger partial charge in [-0.2, -0.15) is 0 Å². The van der Waals surface area contributed by atoms with Crippen molar-refractivity contribution in [3.63, 3.8) is 0 Å². The molecule has 20 heavy (non-hydrogen) atoms. The van der Waals surface area contributed by atoms with E-state index in [1.165, 1.54) is 11.1 Å². The molecule has 4 nitrogen and oxygen atoms in total. The summed E-state index contributed by atoms with van der Waals surface area (Å²) in [5, 5.41) is 0. The third-order valence-electron chi connectivity index (χ3n) is 5.08. The predicted octanol–water partition coefficient (Wildman–Crippen LogP) is 2.19. The zero-order valence-corrected chi connectivity index (χ0v) is 11.0. The first kappa shape index (κ1) is 10.8. The first-order valence-electron chi connectivity index (χ1n) is 7.20. The topological polar surface area (TPSA) is 38.8 Å². The van der Waals surface area contributed by atoms with Gasteiger partial charge in [0.25, 0.3) is 0 Å². The zero-order valence-electron chi connectivity index (χ0n) is 11.0. The van der Waals surface area contributed by atoms with Crippen molar-refractivity contribution in [2.45, 2.75) is 31.3 Å². The summed E-state index contributed by atoms with van der Waals surface area (Å²) < 4.78 is 11.0. The Morgan fingerprint density at radius 1 is 1.20 bits per heavy atom. The van der Waals surface area contributed by atoms with Crippen LogP contribution in [0.1, 0.15) is 29.9 Å². The number of fused-ring (bicyclic) bond motifs is 3. The van der Waals surface area contributed by atoms with E-state index in [-0.39, 0.29) is 0 Å². The van der Waals surface area contributed by atoms with E-state index in [0.717, 1.165) is 24.5 Å². The molecular weight excluding hydrogens is 254 g/mol. The van der Waals surface area contributed by atoms with Gasteiger partial charge in [0.1, 0.15) is 0 Å². The van der Waals surface area contributed by atoms with Crippen LogP contribution in [0.25, 0.3) is 0 Å². The normalized spacial score (nSPS) is 32.3. The van der Waals surface area contributed by atoms with Crippen molar-refractivity contribution in [3.05, 3.63) is 35.4 Å². The van der Waals surface area contributed by atoms with Gasteiger partial charge in [0.2, 0.25) is 12.7 Å². The van der Waals surface area contributed by atoms with Gasteiger partial charge < -0.3 is 14.4 Å². The number of allylic oxidation sites excluding steroid dienone is 1. The maximum Gasteiger partial charge on any atom is 0.231 e. The molecule has 102 valence electrons. The van der Waals surface area contributed by atoms with E-state index in [4.69, 9.17) is 9.47 Å². The van der Waals surface area contributed by atoms with E-state index in [0.29, 0.717) is 37.0 Å². The summed E-state index contributed by atoms with van der Waals surface area (Å²) in [6.07, 6.45) is 6.24. The van der Waals surface area contributed by atoms with Gasteiger partial charge in [-0.25, -0.2) is 0 Å². The number of hydrogen-bond donors (Lipinski definition) is 0. The number of amides is 1. The molecule has 1 aromatic rings. The van der Waals surface area contributed by atoms with Gasteiger partial charge in [-0.05, 0) is 35.6 Å². The van der Waals surface area contributed by atoms with Crippen LogP contribution in [-0.4, -0.2) is 23.6 Å². The van der Waals surface area contributed by atoms with Crippen molar-refractivity contribution in [1.29, 1.82) is 0 Å². The standard InChI is InChI=1S/C16H15NO3/c18-15-5-9-2-1-3-11-12-6-14-13(19-8-20-14)4-10(12)7-17(15)16(9)11/h1,3-4,6,9,11,16H,2,5,7-8H2/t9-,11+,16+/m1/s1. The van der Waals surface area contributed by atoms with Gasteiger partial charge in [0, 0.05) is 24.9 Å². The molecule has 0 spiro atoms. The molecule has 1 aliphatic carbocycles. The van der Waals surface area contributed by atoms with Crippen molar-refractivity contribution in [3.8, 4) is 11.5 Å². The number of ether oxygens (including phenoxy) is 2. The van der Waals surface area contributed by atoms with Crippen LogP contribution in [0.2, 0.25) is 0 Å². The summed E-state index contributed by atoms with van der Waals surface area (Å²) in [5.41, 5.74) is 2.52. The Balaban J connectivity index is 1.70. The number of carbonyl (C=O) groups is 1. The molecule has 0 N–H and O–H groups in total. The fourth-order valence-corrected chi connectivity index (χ4v) is 4.22. The highest BCUT2D eigenvalue weighted by Crippen LogP contribution is 2.49. The number of nitrogens with zero attached hydrogens (tertiary/aromatic N) is 1. The number of benzene rings is 1. The molecule has 1 aromatic carbocycles. The summed E-state index contributed by atoms with van der Waals surface area (Å²) >= 11 is 0. The lowest BCUT2D eigenvalue weighted by Crippen LogP contribution is -2.43. The molecule has 1 amide bonds. The average Bonchev–Trinajstić information content (AvgIpc) is 3.03. The smallest absolute Gasteiger partial charge is 0.231 e. The lowest BCUT2D eigenvalue weighted by atomic mass is 9.75. The Bertz CT molecular complexity index is 651. The Morgan fingerprint density at radius 2 is 2.05 bits per heavy atom. The second-order valence-electron chi connectivity index (χ2n) is 6.07. The summed E-state index contributed by atoms with van der Waals surface area (Å²) in [4.78, 5) is 14.3. The molecule has 0 unspecified atom stereocenters. The first-order chi connectivity index (χ1) is 9.81. The maximum absolute atomic E-state index is 12.2. The molecular formula is C16H15NO3. The minimum absolute atomic E-state index is 0.299. The van der Waals surface area contributed by atoms with Gasteiger partial charge in [-0.15, -0.1) is 0 Å². The van der Waals surface area contributed by atoms with E-state index in [1.54, 1.807) is 0 Å². The van der Waals surface area contributed by atoms with Crippen molar-refractivity contribution < 1.29 is 14.3 Å². The van der Waals surface area contributed by atoms with Crippen molar-refractivity contribution in [1.82, 2.24) is 4.90 Å². The Morgan fingerprint density at radius 3 is 2.95 bits per heavy atom. The number of carbonyl (C=O) groups excluding carboxylic acids is 1. The minimum atomic E-state index is 0.299. The van der Waals surface area contributed by atoms with Gasteiger partial charge in [0.15, 0.2) is 11.5 Å². The number of hydrogen-bond acceptors (Lipinski definition) is 3. The molecule has 0 aromatic heterocycles. The summed E-state index contributed by atoms with van der Waals surface area (Å²) in [6.45, 7) is 1.02. The Labute approximate surface area is 117 Å². The average molecular weight is 269 g/mol. The zero-order chi connectivity index (χ0) is 13.3. The van der Waals surface area contributed by atoms with E-state index in [9.17, 15) is 4.79 Å². The van der Waals surface area contributed by atoms with E-state index < -0.39 is 0 Å². The van der Waals surface area contributed by atoms with E-state index in [2.05, 4.69) is 29.2 Å². The highest BCUT2D eigenvalue weighted by Gasteiger charge is 2.48. The third kappa shape index (κ3) is 1.24. The van der Waals surface area contributed by atoms with Crippen LogP contribution in [0, 0.1) is 5.92 Å². The van der Waals surface area contributed by atoms with Gasteiger partial charge in [0.05, 0.1) is 0 Å². The quantitative estimate of drug-likeness (QED) is 0.678. The molecule has 5 rings (SSSR count).